The van der Waals surface area contributed by atoms with Crippen molar-refractivity contribution in [3.05, 3.63) is 57.7 Å². The molecule has 0 saturated carbocycles. The second-order valence-electron chi connectivity index (χ2n) is 7.92. The Bertz CT molecular complexity index is 1300. The van der Waals surface area contributed by atoms with Crippen LogP contribution < -0.4 is 10.2 Å². The van der Waals surface area contributed by atoms with Gasteiger partial charge < -0.3 is 5.32 Å². The normalized spacial score (nSPS) is 15.8. The molecule has 0 spiro atoms. The van der Waals surface area contributed by atoms with Crippen LogP contribution in [0, 0.1) is 5.92 Å². The third-order valence-corrected chi connectivity index (χ3v) is 8.91. The van der Waals surface area contributed by atoms with E-state index in [0.29, 0.717) is 37.2 Å². The molecule has 1 aliphatic rings. The Morgan fingerprint density at radius 1 is 1.12 bits per heavy atom. The van der Waals surface area contributed by atoms with Gasteiger partial charge in [-0.05, 0) is 56.0 Å². The second-order valence-corrected chi connectivity index (χ2v) is 10.9. The van der Waals surface area contributed by atoms with Gasteiger partial charge in [-0.1, -0.05) is 36.5 Å². The fraction of sp³-hybridized carbons (Fsp3) is 0.391. The molecular formula is C23H27N3O4S2. The van der Waals surface area contributed by atoms with Crippen LogP contribution in [-0.4, -0.2) is 36.3 Å². The second kappa shape index (κ2) is 9.17. The van der Waals surface area contributed by atoms with E-state index in [4.69, 9.17) is 0 Å². The third-order valence-electron chi connectivity index (χ3n) is 6.07. The standard InChI is InChI=1S/C23H27N3O4S2/c1-3-16-7-5-6-8-19(16)24-22(27)17-11-13-25(14-12-17)32(29,30)18-9-10-20-21(15-18)31-23(28)26(20)4-2/h5-10,15,17H,3-4,11-14H2,1-2H3,(H,24,27). The van der Waals surface area contributed by atoms with Crippen molar-refractivity contribution < 1.29 is 13.2 Å². The van der Waals surface area contributed by atoms with E-state index in [-0.39, 0.29) is 21.6 Å². The largest absolute Gasteiger partial charge is 0.326 e. The van der Waals surface area contributed by atoms with Crippen molar-refractivity contribution in [2.75, 3.05) is 18.4 Å². The Hall–Kier alpha value is -2.49. The van der Waals surface area contributed by atoms with E-state index in [1.54, 1.807) is 22.8 Å². The summed E-state index contributed by atoms with van der Waals surface area (Å²) in [4.78, 5) is 24.9. The molecule has 9 heteroatoms. The van der Waals surface area contributed by atoms with Crippen LogP contribution in [0.5, 0.6) is 0 Å². The summed E-state index contributed by atoms with van der Waals surface area (Å²) in [6, 6.07) is 12.6. The number of thiazole rings is 1. The summed E-state index contributed by atoms with van der Waals surface area (Å²) in [5.74, 6) is -0.285. The topological polar surface area (TPSA) is 88.5 Å². The molecule has 1 saturated heterocycles. The predicted molar refractivity (Wildman–Crippen MR) is 128 cm³/mol. The van der Waals surface area contributed by atoms with Gasteiger partial charge in [0.15, 0.2) is 0 Å². The number of fused-ring (bicyclic) bond motifs is 1. The molecule has 1 aliphatic heterocycles. The van der Waals surface area contributed by atoms with Gasteiger partial charge in [0.05, 0.1) is 15.1 Å². The number of piperidine rings is 1. The highest BCUT2D eigenvalue weighted by atomic mass is 32.2. The van der Waals surface area contributed by atoms with Crippen LogP contribution in [0.4, 0.5) is 5.69 Å². The molecule has 0 atom stereocenters. The maximum Gasteiger partial charge on any atom is 0.308 e. The Morgan fingerprint density at radius 2 is 1.84 bits per heavy atom. The van der Waals surface area contributed by atoms with Gasteiger partial charge in [-0.3, -0.25) is 14.2 Å². The summed E-state index contributed by atoms with van der Waals surface area (Å²) in [7, 11) is -3.69. The van der Waals surface area contributed by atoms with Crippen molar-refractivity contribution >= 4 is 43.2 Å². The number of aromatic nitrogens is 1. The SMILES string of the molecule is CCc1ccccc1NC(=O)C1CCN(S(=O)(=O)c2ccc3c(c2)sc(=O)n3CC)CC1. The molecule has 0 radical (unpaired) electrons. The van der Waals surface area contributed by atoms with E-state index < -0.39 is 10.0 Å². The van der Waals surface area contributed by atoms with Crippen LogP contribution in [0.3, 0.4) is 0 Å². The molecule has 0 unspecified atom stereocenters. The molecule has 1 N–H and O–H groups in total. The molecular weight excluding hydrogens is 446 g/mol. The van der Waals surface area contributed by atoms with E-state index >= 15 is 0 Å². The lowest BCUT2D eigenvalue weighted by atomic mass is 9.97. The fourth-order valence-corrected chi connectivity index (χ4v) is 6.76. The van der Waals surface area contributed by atoms with Crippen molar-refractivity contribution in [2.45, 2.75) is 44.6 Å². The number of nitrogens with zero attached hydrogens (tertiary/aromatic N) is 2. The minimum absolute atomic E-state index is 0.0601. The molecule has 170 valence electrons. The van der Waals surface area contributed by atoms with Crippen LogP contribution in [-0.2, 0) is 27.8 Å². The number of para-hydroxylation sites is 1. The number of rotatable bonds is 6. The quantitative estimate of drug-likeness (QED) is 0.591. The van der Waals surface area contributed by atoms with Crippen molar-refractivity contribution in [3.8, 4) is 0 Å². The number of hydrogen-bond donors (Lipinski definition) is 1. The van der Waals surface area contributed by atoms with Gasteiger partial charge in [0.1, 0.15) is 0 Å². The van der Waals surface area contributed by atoms with Crippen molar-refractivity contribution in [1.29, 1.82) is 0 Å². The maximum atomic E-state index is 13.2. The minimum Gasteiger partial charge on any atom is -0.326 e. The summed E-state index contributed by atoms with van der Waals surface area (Å²) in [5, 5.41) is 3.01. The van der Waals surface area contributed by atoms with Crippen molar-refractivity contribution in [3.63, 3.8) is 0 Å². The van der Waals surface area contributed by atoms with E-state index in [1.807, 2.05) is 38.1 Å². The number of amides is 1. The zero-order valence-corrected chi connectivity index (χ0v) is 19.8. The highest BCUT2D eigenvalue weighted by Crippen LogP contribution is 2.28. The maximum absolute atomic E-state index is 13.2. The van der Waals surface area contributed by atoms with Crippen molar-refractivity contribution in [1.82, 2.24) is 8.87 Å². The molecule has 1 fully saturated rings. The molecule has 32 heavy (non-hydrogen) atoms. The van der Waals surface area contributed by atoms with Crippen LogP contribution in [0.1, 0.15) is 32.3 Å². The zero-order valence-electron chi connectivity index (χ0n) is 18.2. The molecule has 4 rings (SSSR count). The summed E-state index contributed by atoms with van der Waals surface area (Å²) in [5.41, 5.74) is 2.65. The van der Waals surface area contributed by atoms with Gasteiger partial charge in [-0.15, -0.1) is 0 Å². The number of anilines is 1. The van der Waals surface area contributed by atoms with Crippen LogP contribution >= 0.6 is 11.3 Å². The average Bonchev–Trinajstić information content (AvgIpc) is 3.13. The highest BCUT2D eigenvalue weighted by molar-refractivity contribution is 7.89. The lowest BCUT2D eigenvalue weighted by molar-refractivity contribution is -0.120. The molecule has 2 heterocycles. The lowest BCUT2D eigenvalue weighted by Crippen LogP contribution is -2.41. The number of aryl methyl sites for hydroxylation is 2. The lowest BCUT2D eigenvalue weighted by Gasteiger charge is -2.30. The van der Waals surface area contributed by atoms with Gasteiger partial charge in [0.2, 0.25) is 15.9 Å². The third kappa shape index (κ3) is 4.24. The Labute approximate surface area is 191 Å². The number of hydrogen-bond acceptors (Lipinski definition) is 5. The predicted octanol–water partition coefficient (Wildman–Crippen LogP) is 3.68. The smallest absolute Gasteiger partial charge is 0.308 e. The highest BCUT2D eigenvalue weighted by Gasteiger charge is 2.32. The Kier molecular flexibility index (Phi) is 6.50. The molecule has 3 aromatic rings. The van der Waals surface area contributed by atoms with Crippen molar-refractivity contribution in [2.24, 2.45) is 5.92 Å². The summed E-state index contributed by atoms with van der Waals surface area (Å²) in [6.45, 7) is 5.06. The first-order valence-electron chi connectivity index (χ1n) is 10.9. The van der Waals surface area contributed by atoms with Crippen LogP contribution in [0.2, 0.25) is 0 Å². The molecule has 0 bridgehead atoms. The number of benzene rings is 2. The van der Waals surface area contributed by atoms with E-state index in [9.17, 15) is 18.0 Å². The van der Waals surface area contributed by atoms with E-state index in [0.717, 1.165) is 34.5 Å². The van der Waals surface area contributed by atoms with Gasteiger partial charge in [0, 0.05) is 31.2 Å². The Morgan fingerprint density at radius 3 is 2.53 bits per heavy atom. The van der Waals surface area contributed by atoms with Gasteiger partial charge >= 0.3 is 4.87 Å². The van der Waals surface area contributed by atoms with E-state index in [2.05, 4.69) is 5.32 Å². The summed E-state index contributed by atoms with van der Waals surface area (Å²) in [6.07, 6.45) is 1.77. The first-order chi connectivity index (χ1) is 15.3. The number of sulfonamides is 1. The van der Waals surface area contributed by atoms with Crippen LogP contribution in [0.25, 0.3) is 10.2 Å². The molecule has 2 aromatic carbocycles. The summed E-state index contributed by atoms with van der Waals surface area (Å²) >= 11 is 1.06. The first kappa shape index (κ1) is 22.7. The Balaban J connectivity index is 1.46. The molecule has 1 amide bonds. The zero-order chi connectivity index (χ0) is 22.9. The molecule has 0 aliphatic carbocycles. The van der Waals surface area contributed by atoms with Crippen LogP contribution in [0.15, 0.2) is 52.2 Å². The van der Waals surface area contributed by atoms with Gasteiger partial charge in [-0.2, -0.15) is 4.31 Å². The number of carbonyl (C=O) groups excluding carboxylic acids is 1. The molecule has 7 nitrogen and oxygen atoms in total. The monoisotopic (exact) mass is 473 g/mol. The molecule has 1 aromatic heterocycles. The van der Waals surface area contributed by atoms with Gasteiger partial charge in [0.25, 0.3) is 0 Å². The minimum atomic E-state index is -3.69. The van der Waals surface area contributed by atoms with E-state index in [1.165, 1.54) is 4.31 Å². The fourth-order valence-electron chi connectivity index (χ4n) is 4.20. The van der Waals surface area contributed by atoms with Gasteiger partial charge in [-0.25, -0.2) is 8.42 Å². The number of nitrogens with one attached hydrogen (secondary N) is 1. The summed E-state index contributed by atoms with van der Waals surface area (Å²) < 4.78 is 30.1. The number of carbonyl (C=O) groups is 1. The first-order valence-corrected chi connectivity index (χ1v) is 13.1. The average molecular weight is 474 g/mol.